The van der Waals surface area contributed by atoms with Crippen LogP contribution >= 0.6 is 11.6 Å². The summed E-state index contributed by atoms with van der Waals surface area (Å²) in [5.41, 5.74) is 3.08. The molecule has 64 heavy (non-hydrogen) atoms. The first-order chi connectivity index (χ1) is 31.2. The van der Waals surface area contributed by atoms with Gasteiger partial charge < -0.3 is 34.0 Å². The molecule has 0 radical (unpaired) electrons. The average molecular weight is 896 g/mol. The Balaban J connectivity index is 1.41. The van der Waals surface area contributed by atoms with Crippen LogP contribution in [0.3, 0.4) is 0 Å². The zero-order valence-corrected chi connectivity index (χ0v) is 37.1. The first-order valence-corrected chi connectivity index (χ1v) is 22.9. The van der Waals surface area contributed by atoms with Crippen LogP contribution in [0.25, 0.3) is 10.8 Å². The Morgan fingerprint density at radius 1 is 1.00 bits per heavy atom. The van der Waals surface area contributed by atoms with Crippen LogP contribution in [0.4, 0.5) is 10.5 Å². The van der Waals surface area contributed by atoms with Gasteiger partial charge in [-0.25, -0.2) is 4.79 Å². The van der Waals surface area contributed by atoms with Crippen LogP contribution in [0.2, 0.25) is 0 Å². The number of carbonyl (C=O) groups excluding carboxylic acids is 1. The molecular formula is C50H58ClN3O10. The number of fused-ring (bicyclic) bond motifs is 3. The molecule has 1 saturated carbocycles. The molecular weight excluding hydrogens is 838 g/mol. The highest BCUT2D eigenvalue weighted by Crippen LogP contribution is 2.62. The predicted molar refractivity (Wildman–Crippen MR) is 246 cm³/mol. The van der Waals surface area contributed by atoms with E-state index in [-0.39, 0.29) is 68.8 Å². The van der Waals surface area contributed by atoms with E-state index in [9.17, 15) is 25.1 Å². The molecule has 6 atom stereocenters. The highest BCUT2D eigenvalue weighted by molar-refractivity contribution is 6.18. The van der Waals surface area contributed by atoms with Crippen molar-refractivity contribution >= 4 is 39.9 Å². The van der Waals surface area contributed by atoms with Crippen molar-refractivity contribution in [2.45, 2.75) is 82.6 Å². The van der Waals surface area contributed by atoms with Crippen LogP contribution in [0.5, 0.6) is 17.2 Å². The number of oxime groups is 1. The van der Waals surface area contributed by atoms with Gasteiger partial charge in [-0.05, 0) is 108 Å². The van der Waals surface area contributed by atoms with Gasteiger partial charge in [-0.1, -0.05) is 67.4 Å². The molecule has 4 aromatic rings. The normalized spacial score (nSPS) is 22.7. The number of aliphatic hydroxyl groups is 2. The molecule has 13 nitrogen and oxygen atoms in total. The molecule has 2 N–H and O–H groups in total. The largest absolute Gasteiger partial charge is 0.459 e. The van der Waals surface area contributed by atoms with Crippen molar-refractivity contribution in [2.75, 3.05) is 38.9 Å². The first-order valence-electron chi connectivity index (χ1n) is 22.3. The number of nitro benzene ring substituents is 1. The van der Waals surface area contributed by atoms with Gasteiger partial charge in [-0.2, -0.15) is 0 Å². The lowest BCUT2D eigenvalue weighted by molar-refractivity contribution is -0.384. The molecule has 0 aromatic heterocycles. The minimum Gasteiger partial charge on any atom is -0.459 e. The summed E-state index contributed by atoms with van der Waals surface area (Å²) in [7, 11) is 0. The van der Waals surface area contributed by atoms with Crippen LogP contribution in [0, 0.1) is 27.9 Å². The van der Waals surface area contributed by atoms with Crippen LogP contribution in [0.1, 0.15) is 75.3 Å². The lowest BCUT2D eigenvalue weighted by atomic mass is 9.55. The molecule has 1 amide bonds. The number of halogens is 1. The summed E-state index contributed by atoms with van der Waals surface area (Å²) < 4.78 is 26.7. The minimum absolute atomic E-state index is 0.00752. The molecule has 340 valence electrons. The fourth-order valence-corrected chi connectivity index (χ4v) is 9.88. The molecule has 3 aliphatic rings. The molecule has 7 rings (SSSR count). The lowest BCUT2D eigenvalue weighted by Gasteiger charge is -2.59. The molecule has 6 unspecified atom stereocenters. The Bertz CT molecular complexity index is 2300. The van der Waals surface area contributed by atoms with Gasteiger partial charge in [0.2, 0.25) is 5.79 Å². The van der Waals surface area contributed by atoms with E-state index in [0.717, 1.165) is 47.6 Å². The highest BCUT2D eigenvalue weighted by Gasteiger charge is 2.65. The predicted octanol–water partition coefficient (Wildman–Crippen LogP) is 10.5. The van der Waals surface area contributed by atoms with E-state index in [1.54, 1.807) is 23.1 Å². The third kappa shape index (κ3) is 10.2. The number of nitrogens with zero attached hydrogens (tertiary/aromatic N) is 3. The van der Waals surface area contributed by atoms with Crippen molar-refractivity contribution in [1.82, 2.24) is 4.90 Å². The molecule has 0 bridgehead atoms. The SMILES string of the molecule is C=CCOC12Oc3ccc(Oc4ccc5ccccc5c4)cc3C3C(CCCCO)C(CCCCO)C=C(C(=NOCc4ccc([N+](=O)[O-])cc4)CC1N(CCC)C(=O)OCCCl)C32. The Kier molecular flexibility index (Phi) is 16.0. The number of allylic oxidation sites excluding steroid dienone is 1. The van der Waals surface area contributed by atoms with Gasteiger partial charge in [-0.15, -0.1) is 18.2 Å². The standard InChI is InChI=1S/C50H58ClN3O10/c1-3-24-53(49(57)60-28-23-51)46-32-44(52-62-33-34-15-18-38(19-16-34)54(58)59)42-30-37(13-7-9-25-55)41(14-8-10-26-56)47-43-31-40(63-39-20-17-35-11-5-6-12-36(35)29-39)21-22-45(43)64-50(46,48(42)47)61-27-4-2/h4-6,11-12,15-22,29-31,37,41,46-48,55-56H,2-3,7-10,13-14,23-28,32-33H2,1H3. The molecule has 1 aliphatic heterocycles. The lowest BCUT2D eigenvalue weighted by Crippen LogP contribution is -2.70. The van der Waals surface area contributed by atoms with Crippen molar-refractivity contribution in [1.29, 1.82) is 0 Å². The van der Waals surface area contributed by atoms with Crippen LogP contribution < -0.4 is 9.47 Å². The second-order valence-corrected chi connectivity index (χ2v) is 17.0. The molecule has 0 spiro atoms. The minimum atomic E-state index is -1.46. The third-order valence-electron chi connectivity index (χ3n) is 12.5. The fraction of sp³-hybridized carbons (Fsp3) is 0.440. The number of amides is 1. The molecule has 14 heteroatoms. The van der Waals surface area contributed by atoms with Crippen molar-refractivity contribution in [3.63, 3.8) is 0 Å². The van der Waals surface area contributed by atoms with Crippen molar-refractivity contribution < 1.29 is 43.7 Å². The second kappa shape index (κ2) is 21.9. The highest BCUT2D eigenvalue weighted by atomic mass is 35.5. The third-order valence-corrected chi connectivity index (χ3v) is 12.7. The quantitative estimate of drug-likeness (QED) is 0.0255. The van der Waals surface area contributed by atoms with Gasteiger partial charge >= 0.3 is 6.09 Å². The van der Waals surface area contributed by atoms with Crippen LogP contribution in [0.15, 0.2) is 114 Å². The summed E-state index contributed by atoms with van der Waals surface area (Å²) in [6.45, 7) is 6.62. The summed E-state index contributed by atoms with van der Waals surface area (Å²) >= 11 is 6.04. The molecule has 1 heterocycles. The number of rotatable bonds is 22. The van der Waals surface area contributed by atoms with Crippen LogP contribution in [-0.2, 0) is 20.9 Å². The maximum absolute atomic E-state index is 14.2. The number of aliphatic hydroxyl groups excluding tert-OH is 2. The Labute approximate surface area is 379 Å². The monoisotopic (exact) mass is 895 g/mol. The van der Waals surface area contributed by atoms with Crippen molar-refractivity contribution in [2.24, 2.45) is 22.9 Å². The number of carbonyl (C=O) groups is 1. The maximum atomic E-state index is 14.2. The van der Waals surface area contributed by atoms with Gasteiger partial charge in [0.05, 0.1) is 29.0 Å². The van der Waals surface area contributed by atoms with Gasteiger partial charge in [-0.3, -0.25) is 15.0 Å². The number of hydrogen-bond acceptors (Lipinski definition) is 11. The number of unbranched alkanes of at least 4 members (excludes halogenated alkanes) is 2. The Morgan fingerprint density at radius 2 is 1.73 bits per heavy atom. The van der Waals surface area contributed by atoms with Gasteiger partial charge in [0, 0.05) is 49.8 Å². The van der Waals surface area contributed by atoms with E-state index in [1.807, 2.05) is 49.4 Å². The molecule has 2 aliphatic carbocycles. The van der Waals surface area contributed by atoms with E-state index < -0.39 is 28.8 Å². The summed E-state index contributed by atoms with van der Waals surface area (Å²) in [6.07, 6.45) is 8.56. The number of hydrogen-bond donors (Lipinski definition) is 2. The van der Waals surface area contributed by atoms with Crippen molar-refractivity contribution in [3.8, 4) is 17.2 Å². The smallest absolute Gasteiger partial charge is 0.410 e. The second-order valence-electron chi connectivity index (χ2n) is 16.6. The van der Waals surface area contributed by atoms with E-state index in [0.29, 0.717) is 54.3 Å². The average Bonchev–Trinajstić information content (AvgIpc) is 3.31. The zero-order valence-electron chi connectivity index (χ0n) is 36.3. The topological polar surface area (TPSA) is 162 Å². The fourth-order valence-electron chi connectivity index (χ4n) is 9.80. The number of non-ortho nitro benzene ring substituents is 1. The molecule has 4 aromatic carbocycles. The van der Waals surface area contributed by atoms with Crippen molar-refractivity contribution in [3.05, 3.63) is 130 Å². The zero-order chi connectivity index (χ0) is 45.1. The summed E-state index contributed by atoms with van der Waals surface area (Å²) in [6, 6.07) is 25.4. The summed E-state index contributed by atoms with van der Waals surface area (Å²) in [4.78, 5) is 32.9. The summed E-state index contributed by atoms with van der Waals surface area (Å²) in [5, 5.41) is 38.3. The number of nitro groups is 1. The van der Waals surface area contributed by atoms with Gasteiger partial charge in [0.15, 0.2) is 0 Å². The number of alkyl halides is 1. The van der Waals surface area contributed by atoms with E-state index in [1.165, 1.54) is 12.1 Å². The van der Waals surface area contributed by atoms with E-state index in [4.69, 9.17) is 40.5 Å². The first kappa shape index (κ1) is 46.5. The summed E-state index contributed by atoms with van der Waals surface area (Å²) in [5.74, 6) is -0.201. The number of ether oxygens (including phenoxy) is 4. The molecule has 0 saturated heterocycles. The van der Waals surface area contributed by atoms with Gasteiger partial charge in [0.25, 0.3) is 5.69 Å². The maximum Gasteiger partial charge on any atom is 0.410 e. The Morgan fingerprint density at radius 3 is 2.45 bits per heavy atom. The van der Waals surface area contributed by atoms with E-state index in [2.05, 4.69) is 30.9 Å². The molecule has 1 fully saturated rings. The van der Waals surface area contributed by atoms with E-state index >= 15 is 0 Å². The number of benzene rings is 4. The van der Waals surface area contributed by atoms with Gasteiger partial charge in [0.1, 0.15) is 36.5 Å². The Hall–Kier alpha value is -5.47. The van der Waals surface area contributed by atoms with Crippen LogP contribution in [-0.4, -0.2) is 82.5 Å².